The molecule has 0 spiro atoms. The topological polar surface area (TPSA) is 29.5 Å². The van der Waals surface area contributed by atoms with Crippen molar-refractivity contribution in [3.8, 4) is 5.75 Å². The van der Waals surface area contributed by atoms with Crippen LogP contribution < -0.4 is 4.74 Å². The molecule has 0 fully saturated rings. The lowest BCUT2D eigenvalue weighted by Gasteiger charge is -2.11. The molecule has 0 aliphatic carbocycles. The Hall–Kier alpha value is -1.06. The minimum absolute atomic E-state index is 0.0147. The largest absolute Gasteiger partial charge is 0.492 e. The third-order valence-corrected chi connectivity index (χ3v) is 2.35. The minimum atomic E-state index is -0.0680. The van der Waals surface area contributed by atoms with Crippen molar-refractivity contribution < 1.29 is 9.53 Å². The van der Waals surface area contributed by atoms with Gasteiger partial charge in [0.05, 0.1) is 5.88 Å². The molecular weight excluding hydrogens is 226 g/mol. The van der Waals surface area contributed by atoms with Gasteiger partial charge in [-0.05, 0) is 38.4 Å². The molecule has 0 unspecified atom stereocenters. The second-order valence-corrected chi connectivity index (χ2v) is 4.00. The number of ketones is 1. The molecule has 0 aromatic heterocycles. The molecule has 0 heterocycles. The molecule has 0 bridgehead atoms. The molecule has 0 N–H and O–H groups in total. The van der Waals surface area contributed by atoms with Crippen molar-refractivity contribution in [1.82, 2.24) is 4.90 Å². The smallest absolute Gasteiger partial charge is 0.177 e. The third-order valence-electron chi connectivity index (χ3n) is 2.10. The van der Waals surface area contributed by atoms with Crippen LogP contribution in [0.4, 0.5) is 0 Å². The van der Waals surface area contributed by atoms with Crippen LogP contribution in [0.2, 0.25) is 0 Å². The van der Waals surface area contributed by atoms with Gasteiger partial charge >= 0.3 is 0 Å². The number of hydrogen-bond acceptors (Lipinski definition) is 3. The highest BCUT2D eigenvalue weighted by Gasteiger charge is 2.03. The van der Waals surface area contributed by atoms with Crippen LogP contribution in [0.3, 0.4) is 0 Å². The van der Waals surface area contributed by atoms with Crippen LogP contribution in [0.1, 0.15) is 10.4 Å². The van der Waals surface area contributed by atoms with Crippen LogP contribution in [0.25, 0.3) is 0 Å². The van der Waals surface area contributed by atoms with E-state index in [4.69, 9.17) is 16.3 Å². The highest BCUT2D eigenvalue weighted by atomic mass is 35.5. The van der Waals surface area contributed by atoms with E-state index in [2.05, 4.69) is 0 Å². The van der Waals surface area contributed by atoms with Crippen LogP contribution >= 0.6 is 11.6 Å². The monoisotopic (exact) mass is 241 g/mol. The molecule has 1 aromatic rings. The number of carbonyl (C=O) groups excluding carboxylic acids is 1. The van der Waals surface area contributed by atoms with Crippen molar-refractivity contribution in [1.29, 1.82) is 0 Å². The van der Waals surface area contributed by atoms with Crippen LogP contribution in [0.5, 0.6) is 5.75 Å². The fourth-order valence-corrected chi connectivity index (χ4v) is 1.31. The molecule has 0 aliphatic rings. The molecule has 1 aromatic carbocycles. The van der Waals surface area contributed by atoms with Crippen molar-refractivity contribution >= 4 is 17.4 Å². The predicted octanol–water partition coefficient (Wildman–Crippen LogP) is 2.05. The zero-order chi connectivity index (χ0) is 12.0. The van der Waals surface area contributed by atoms with Gasteiger partial charge in [0.2, 0.25) is 0 Å². The summed E-state index contributed by atoms with van der Waals surface area (Å²) >= 11 is 5.46. The number of benzene rings is 1. The first-order chi connectivity index (χ1) is 7.63. The Bertz CT molecular complexity index is 335. The van der Waals surface area contributed by atoms with E-state index in [1.165, 1.54) is 0 Å². The highest BCUT2D eigenvalue weighted by molar-refractivity contribution is 6.30. The molecule has 88 valence electrons. The van der Waals surface area contributed by atoms with E-state index in [1.807, 2.05) is 19.0 Å². The SMILES string of the molecule is CN(C)CCOc1ccc(C(=O)CCl)cc1. The zero-order valence-corrected chi connectivity index (χ0v) is 10.3. The summed E-state index contributed by atoms with van der Waals surface area (Å²) in [6.07, 6.45) is 0. The second kappa shape index (κ2) is 6.51. The lowest BCUT2D eigenvalue weighted by Crippen LogP contribution is -2.19. The standard InChI is InChI=1S/C12H16ClNO2/c1-14(2)7-8-16-11-5-3-10(4-6-11)12(15)9-13/h3-6H,7-9H2,1-2H3. The Morgan fingerprint density at radius 1 is 1.31 bits per heavy atom. The maximum Gasteiger partial charge on any atom is 0.177 e. The Morgan fingerprint density at radius 2 is 1.94 bits per heavy atom. The van der Waals surface area contributed by atoms with E-state index in [0.29, 0.717) is 12.2 Å². The first-order valence-corrected chi connectivity index (χ1v) is 5.63. The third kappa shape index (κ3) is 4.21. The van der Waals surface area contributed by atoms with Gasteiger partial charge in [0.25, 0.3) is 0 Å². The zero-order valence-electron chi connectivity index (χ0n) is 9.57. The van der Waals surface area contributed by atoms with Crippen molar-refractivity contribution in [2.24, 2.45) is 0 Å². The minimum Gasteiger partial charge on any atom is -0.492 e. The van der Waals surface area contributed by atoms with Gasteiger partial charge in [0.1, 0.15) is 12.4 Å². The molecule has 4 heteroatoms. The van der Waals surface area contributed by atoms with E-state index in [-0.39, 0.29) is 11.7 Å². The van der Waals surface area contributed by atoms with Crippen molar-refractivity contribution in [2.75, 3.05) is 33.1 Å². The van der Waals surface area contributed by atoms with Gasteiger partial charge in [0.15, 0.2) is 5.78 Å². The molecule has 0 saturated carbocycles. The van der Waals surface area contributed by atoms with Crippen LogP contribution in [0, 0.1) is 0 Å². The number of hydrogen-bond donors (Lipinski definition) is 0. The highest BCUT2D eigenvalue weighted by Crippen LogP contribution is 2.12. The van der Waals surface area contributed by atoms with Crippen molar-refractivity contribution in [3.05, 3.63) is 29.8 Å². The average molecular weight is 242 g/mol. The summed E-state index contributed by atoms with van der Waals surface area (Å²) < 4.78 is 5.50. The lowest BCUT2D eigenvalue weighted by molar-refractivity contribution is 0.102. The van der Waals surface area contributed by atoms with E-state index in [9.17, 15) is 4.79 Å². The summed E-state index contributed by atoms with van der Waals surface area (Å²) in [5.41, 5.74) is 0.620. The predicted molar refractivity (Wildman–Crippen MR) is 65.5 cm³/mol. The first-order valence-electron chi connectivity index (χ1n) is 5.10. The van der Waals surface area contributed by atoms with E-state index < -0.39 is 0 Å². The summed E-state index contributed by atoms with van der Waals surface area (Å²) in [5.74, 6) is 0.718. The summed E-state index contributed by atoms with van der Waals surface area (Å²) in [6, 6.07) is 7.04. The molecule has 0 atom stereocenters. The second-order valence-electron chi connectivity index (χ2n) is 3.73. The number of Topliss-reactive ketones (excluding diaryl/α,β-unsaturated/α-hetero) is 1. The van der Waals surface area contributed by atoms with E-state index >= 15 is 0 Å². The first kappa shape index (κ1) is 13.0. The summed E-state index contributed by atoms with van der Waals surface area (Å²) in [4.78, 5) is 13.3. The van der Waals surface area contributed by atoms with Gasteiger partial charge in [-0.1, -0.05) is 0 Å². The van der Waals surface area contributed by atoms with Gasteiger partial charge in [-0.3, -0.25) is 4.79 Å². The molecule has 1 rings (SSSR count). The molecular formula is C12H16ClNO2. The number of nitrogens with zero attached hydrogens (tertiary/aromatic N) is 1. The number of alkyl halides is 1. The van der Waals surface area contributed by atoms with Gasteiger partial charge in [-0.2, -0.15) is 0 Å². The van der Waals surface area contributed by atoms with Crippen LogP contribution in [-0.4, -0.2) is 43.8 Å². The summed E-state index contributed by atoms with van der Waals surface area (Å²) in [7, 11) is 3.98. The summed E-state index contributed by atoms with van der Waals surface area (Å²) in [6.45, 7) is 1.50. The molecule has 0 radical (unpaired) electrons. The Labute approximate surface area is 101 Å². The quantitative estimate of drug-likeness (QED) is 0.564. The average Bonchev–Trinajstić information content (AvgIpc) is 2.28. The number of carbonyl (C=O) groups is 1. The number of halogens is 1. The fourth-order valence-electron chi connectivity index (χ4n) is 1.16. The van der Waals surface area contributed by atoms with Gasteiger partial charge in [-0.15, -0.1) is 11.6 Å². The normalized spacial score (nSPS) is 10.5. The number of likely N-dealkylation sites (N-methyl/N-ethyl adjacent to an activating group) is 1. The van der Waals surface area contributed by atoms with Gasteiger partial charge in [0, 0.05) is 12.1 Å². The molecule has 3 nitrogen and oxygen atoms in total. The molecule has 16 heavy (non-hydrogen) atoms. The van der Waals surface area contributed by atoms with Gasteiger partial charge < -0.3 is 9.64 Å². The van der Waals surface area contributed by atoms with E-state index in [1.54, 1.807) is 24.3 Å². The fraction of sp³-hybridized carbons (Fsp3) is 0.417. The Balaban J connectivity index is 2.48. The van der Waals surface area contributed by atoms with E-state index in [0.717, 1.165) is 12.3 Å². The lowest BCUT2D eigenvalue weighted by atomic mass is 10.1. The summed E-state index contributed by atoms with van der Waals surface area (Å²) in [5, 5.41) is 0. The maximum atomic E-state index is 11.2. The van der Waals surface area contributed by atoms with Crippen molar-refractivity contribution in [2.45, 2.75) is 0 Å². The number of ether oxygens (including phenoxy) is 1. The van der Waals surface area contributed by atoms with Crippen LogP contribution in [0.15, 0.2) is 24.3 Å². The van der Waals surface area contributed by atoms with Gasteiger partial charge in [-0.25, -0.2) is 0 Å². The Morgan fingerprint density at radius 3 is 2.44 bits per heavy atom. The Kier molecular flexibility index (Phi) is 5.29. The van der Waals surface area contributed by atoms with Crippen molar-refractivity contribution in [3.63, 3.8) is 0 Å². The number of rotatable bonds is 6. The van der Waals surface area contributed by atoms with Crippen LogP contribution in [-0.2, 0) is 0 Å². The molecule has 0 saturated heterocycles. The molecule has 0 aliphatic heterocycles. The molecule has 0 amide bonds. The maximum absolute atomic E-state index is 11.2.